The van der Waals surface area contributed by atoms with Gasteiger partial charge in [0.15, 0.2) is 18.1 Å². The summed E-state index contributed by atoms with van der Waals surface area (Å²) < 4.78 is 52.2. The summed E-state index contributed by atoms with van der Waals surface area (Å²) in [4.78, 5) is 28.3. The van der Waals surface area contributed by atoms with Gasteiger partial charge < -0.3 is 14.8 Å². The fourth-order valence-corrected chi connectivity index (χ4v) is 3.55. The Morgan fingerprint density at radius 1 is 1.21 bits per heavy atom. The first-order chi connectivity index (χ1) is 16.3. The molecule has 1 atom stereocenters. The van der Waals surface area contributed by atoms with Crippen molar-refractivity contribution < 1.29 is 32.2 Å². The lowest BCUT2D eigenvalue weighted by Gasteiger charge is -2.24. The fourth-order valence-electron chi connectivity index (χ4n) is 3.55. The molecule has 0 bridgehead atoms. The molecular weight excluding hydrogens is 455 g/mol. The molecule has 0 saturated carbocycles. The van der Waals surface area contributed by atoms with Crippen LogP contribution in [-0.2, 0) is 15.8 Å². The van der Waals surface area contributed by atoms with E-state index in [1.165, 1.54) is 24.5 Å². The molecule has 9 nitrogen and oxygen atoms in total. The molecule has 0 aliphatic carbocycles. The number of ether oxygens (including phenoxy) is 2. The van der Waals surface area contributed by atoms with Gasteiger partial charge in [0.05, 0.1) is 30.3 Å². The summed E-state index contributed by atoms with van der Waals surface area (Å²) in [6.45, 7) is 1.52. The van der Waals surface area contributed by atoms with Crippen LogP contribution in [0.2, 0.25) is 0 Å². The number of hydrogen-bond donors (Lipinski definition) is 2. The molecule has 2 amide bonds. The molecule has 34 heavy (non-hydrogen) atoms. The summed E-state index contributed by atoms with van der Waals surface area (Å²) in [5.74, 6) is -0.102. The zero-order valence-corrected chi connectivity index (χ0v) is 17.9. The molecule has 2 N–H and O–H groups in total. The number of benzene rings is 2. The summed E-state index contributed by atoms with van der Waals surface area (Å²) >= 11 is 0. The van der Waals surface area contributed by atoms with E-state index in [0.717, 1.165) is 6.07 Å². The Morgan fingerprint density at radius 2 is 2.00 bits per heavy atom. The zero-order chi connectivity index (χ0) is 24.3. The topological polar surface area (TPSA) is 107 Å². The Labute approximate surface area is 191 Å². The summed E-state index contributed by atoms with van der Waals surface area (Å²) in [6, 6.07) is 9.21. The Bertz CT molecular complexity index is 1210. The van der Waals surface area contributed by atoms with E-state index in [1.54, 1.807) is 29.8 Å². The zero-order valence-electron chi connectivity index (χ0n) is 17.9. The quantitative estimate of drug-likeness (QED) is 0.540. The molecular formula is C22H20F3N5O4. The van der Waals surface area contributed by atoms with E-state index < -0.39 is 30.3 Å². The van der Waals surface area contributed by atoms with Crippen LogP contribution >= 0.6 is 0 Å². The average molecular weight is 475 g/mol. The minimum Gasteiger partial charge on any atom is -0.490 e. The first-order valence-electron chi connectivity index (χ1n) is 10.3. The Hall–Kier alpha value is -4.09. The number of carbonyl (C=O) groups excluding carboxylic acids is 2. The Morgan fingerprint density at radius 3 is 2.76 bits per heavy atom. The molecule has 12 heteroatoms. The van der Waals surface area contributed by atoms with Crippen molar-refractivity contribution in [2.24, 2.45) is 0 Å². The third-order valence-electron chi connectivity index (χ3n) is 5.02. The summed E-state index contributed by atoms with van der Waals surface area (Å²) in [5.41, 5.74) is -0.601. The molecule has 178 valence electrons. The third kappa shape index (κ3) is 4.95. The number of nitrogens with zero attached hydrogens (tertiary/aromatic N) is 3. The molecule has 4 rings (SSSR count). The SMILES string of the molecule is CCOc1cc([C@H]2CC(=O)Nc3ncnn32)ccc1OCC(=O)Nc1ccccc1C(F)(F)F. The van der Waals surface area contributed by atoms with Gasteiger partial charge in [-0.2, -0.15) is 23.3 Å². The highest BCUT2D eigenvalue weighted by Crippen LogP contribution is 2.36. The Kier molecular flexibility index (Phi) is 6.39. The van der Waals surface area contributed by atoms with E-state index in [-0.39, 0.29) is 23.8 Å². The van der Waals surface area contributed by atoms with Crippen LogP contribution in [0.3, 0.4) is 0 Å². The molecule has 1 aromatic heterocycles. The van der Waals surface area contributed by atoms with E-state index >= 15 is 0 Å². The van der Waals surface area contributed by atoms with Crippen molar-refractivity contribution >= 4 is 23.5 Å². The number of aromatic nitrogens is 3. The first kappa shape index (κ1) is 23.1. The van der Waals surface area contributed by atoms with Crippen LogP contribution < -0.4 is 20.1 Å². The second-order valence-electron chi connectivity index (χ2n) is 7.32. The van der Waals surface area contributed by atoms with E-state index in [4.69, 9.17) is 9.47 Å². The minimum absolute atomic E-state index is 0.142. The molecule has 0 fully saturated rings. The van der Waals surface area contributed by atoms with Crippen molar-refractivity contribution in [2.75, 3.05) is 23.8 Å². The number of amides is 2. The third-order valence-corrected chi connectivity index (χ3v) is 5.02. The highest BCUT2D eigenvalue weighted by Gasteiger charge is 2.33. The van der Waals surface area contributed by atoms with Crippen LogP contribution in [-0.4, -0.2) is 39.8 Å². The Balaban J connectivity index is 1.49. The molecule has 1 aliphatic rings. The van der Waals surface area contributed by atoms with Gasteiger partial charge in [0.2, 0.25) is 11.9 Å². The molecule has 0 radical (unpaired) electrons. The summed E-state index contributed by atoms with van der Waals surface area (Å²) in [5, 5.41) is 9.02. The molecule has 0 unspecified atom stereocenters. The van der Waals surface area contributed by atoms with Crippen molar-refractivity contribution in [3.63, 3.8) is 0 Å². The highest BCUT2D eigenvalue weighted by molar-refractivity contribution is 5.93. The largest absolute Gasteiger partial charge is 0.490 e. The number of halogens is 3. The van der Waals surface area contributed by atoms with Crippen LogP contribution in [0.4, 0.5) is 24.8 Å². The normalized spacial score (nSPS) is 15.3. The number of hydrogen-bond acceptors (Lipinski definition) is 6. The molecule has 0 saturated heterocycles. The number of anilines is 2. The predicted molar refractivity (Wildman–Crippen MR) is 115 cm³/mol. The van der Waals surface area contributed by atoms with E-state index in [9.17, 15) is 22.8 Å². The van der Waals surface area contributed by atoms with Gasteiger partial charge in [0.1, 0.15) is 6.33 Å². The van der Waals surface area contributed by atoms with Crippen molar-refractivity contribution in [2.45, 2.75) is 25.6 Å². The smallest absolute Gasteiger partial charge is 0.418 e. The van der Waals surface area contributed by atoms with Crippen molar-refractivity contribution in [1.29, 1.82) is 0 Å². The predicted octanol–water partition coefficient (Wildman–Crippen LogP) is 3.64. The van der Waals surface area contributed by atoms with Gasteiger partial charge in [0, 0.05) is 0 Å². The minimum atomic E-state index is -4.61. The molecule has 2 aromatic carbocycles. The van der Waals surface area contributed by atoms with Gasteiger partial charge in [0.25, 0.3) is 5.91 Å². The van der Waals surface area contributed by atoms with Crippen molar-refractivity contribution in [3.05, 3.63) is 59.9 Å². The molecule has 1 aliphatic heterocycles. The van der Waals surface area contributed by atoms with Gasteiger partial charge in [-0.15, -0.1) is 0 Å². The van der Waals surface area contributed by atoms with E-state index in [0.29, 0.717) is 23.9 Å². The van der Waals surface area contributed by atoms with Gasteiger partial charge in [-0.1, -0.05) is 18.2 Å². The monoisotopic (exact) mass is 475 g/mol. The van der Waals surface area contributed by atoms with Crippen molar-refractivity contribution in [1.82, 2.24) is 14.8 Å². The standard InChI is InChI=1S/C22H20F3N5O4/c1-2-33-18-9-13(16-10-19(31)29-21-26-12-27-30(16)21)7-8-17(18)34-11-20(32)28-15-6-4-3-5-14(15)22(23,24)25/h3-9,12,16H,2,10-11H2,1H3,(H,28,32)(H,26,27,29,31)/t16-/m1/s1. The summed E-state index contributed by atoms with van der Waals surface area (Å²) in [6.07, 6.45) is -3.13. The van der Waals surface area contributed by atoms with Gasteiger partial charge >= 0.3 is 6.18 Å². The van der Waals surface area contributed by atoms with Crippen LogP contribution in [0, 0.1) is 0 Å². The summed E-state index contributed by atoms with van der Waals surface area (Å²) in [7, 11) is 0. The maximum Gasteiger partial charge on any atom is 0.418 e. The van der Waals surface area contributed by atoms with Gasteiger partial charge in [-0.05, 0) is 36.8 Å². The molecule has 0 spiro atoms. The lowest BCUT2D eigenvalue weighted by Crippen LogP contribution is -2.29. The number of para-hydroxylation sites is 1. The van der Waals surface area contributed by atoms with Gasteiger partial charge in [-0.3, -0.25) is 14.9 Å². The lowest BCUT2D eigenvalue weighted by molar-refractivity contribution is -0.137. The maximum atomic E-state index is 13.1. The second kappa shape index (κ2) is 9.41. The molecule has 2 heterocycles. The number of alkyl halides is 3. The lowest BCUT2D eigenvalue weighted by atomic mass is 10.0. The van der Waals surface area contributed by atoms with Crippen LogP contribution in [0.15, 0.2) is 48.8 Å². The van der Waals surface area contributed by atoms with Crippen molar-refractivity contribution in [3.8, 4) is 11.5 Å². The van der Waals surface area contributed by atoms with Crippen LogP contribution in [0.1, 0.15) is 30.5 Å². The number of carbonyl (C=O) groups is 2. The van der Waals surface area contributed by atoms with Crippen LogP contribution in [0.5, 0.6) is 11.5 Å². The van der Waals surface area contributed by atoms with E-state index in [1.807, 2.05) is 0 Å². The first-order valence-corrected chi connectivity index (χ1v) is 10.3. The maximum absolute atomic E-state index is 13.1. The van der Waals surface area contributed by atoms with Gasteiger partial charge in [-0.25, -0.2) is 4.68 Å². The number of rotatable bonds is 7. The fraction of sp³-hybridized carbons (Fsp3) is 0.273. The van der Waals surface area contributed by atoms with Crippen LogP contribution in [0.25, 0.3) is 0 Å². The van der Waals surface area contributed by atoms with E-state index in [2.05, 4.69) is 20.7 Å². The number of fused-ring (bicyclic) bond motifs is 1. The second-order valence-corrected chi connectivity index (χ2v) is 7.32. The average Bonchev–Trinajstić information content (AvgIpc) is 3.26. The number of nitrogens with one attached hydrogen (secondary N) is 2. The highest BCUT2D eigenvalue weighted by atomic mass is 19.4. The molecule has 3 aromatic rings.